The predicted octanol–water partition coefficient (Wildman–Crippen LogP) is 0.918. The predicted molar refractivity (Wildman–Crippen MR) is 64.3 cm³/mol. The zero-order valence-corrected chi connectivity index (χ0v) is 9.89. The van der Waals surface area contributed by atoms with Crippen molar-refractivity contribution in [2.45, 2.75) is 18.3 Å². The van der Waals surface area contributed by atoms with E-state index in [1.54, 1.807) is 12.1 Å². The highest BCUT2D eigenvalue weighted by molar-refractivity contribution is 5.89. The van der Waals surface area contributed by atoms with Gasteiger partial charge in [0.15, 0.2) is 0 Å². The highest BCUT2D eigenvalue weighted by atomic mass is 16.5. The fraction of sp³-hybridized carbons (Fsp3) is 0.385. The van der Waals surface area contributed by atoms with Gasteiger partial charge in [-0.1, -0.05) is 12.1 Å². The second-order valence-electron chi connectivity index (χ2n) is 4.44. The minimum atomic E-state index is -0.985. The molecular formula is C13H15NO4. The number of nitrogens with two attached hydrogens (primary N) is 1. The van der Waals surface area contributed by atoms with Crippen LogP contribution in [0.5, 0.6) is 0 Å². The molecule has 0 unspecified atom stereocenters. The second-order valence-corrected chi connectivity index (χ2v) is 4.44. The zero-order valence-electron chi connectivity index (χ0n) is 9.89. The summed E-state index contributed by atoms with van der Waals surface area (Å²) in [6, 6.07) is 6.33. The summed E-state index contributed by atoms with van der Waals surface area (Å²) in [5.41, 5.74) is 5.76. The molecule has 1 aromatic rings. The molecule has 1 aliphatic rings. The fourth-order valence-corrected chi connectivity index (χ4v) is 2.33. The SMILES string of the molecule is NC(=O)C1(c2ccc(C(=O)O)cc2)CCOCC1. The summed E-state index contributed by atoms with van der Waals surface area (Å²) < 4.78 is 5.26. The number of benzene rings is 1. The number of hydrogen-bond donors (Lipinski definition) is 2. The van der Waals surface area contributed by atoms with Gasteiger partial charge in [-0.2, -0.15) is 0 Å². The molecule has 0 aliphatic carbocycles. The van der Waals surface area contributed by atoms with E-state index in [9.17, 15) is 9.59 Å². The van der Waals surface area contributed by atoms with E-state index in [0.29, 0.717) is 26.1 Å². The molecule has 0 atom stereocenters. The minimum absolute atomic E-state index is 0.199. The Kier molecular flexibility index (Phi) is 3.34. The lowest BCUT2D eigenvalue weighted by Gasteiger charge is -2.34. The number of carbonyl (C=O) groups is 2. The lowest BCUT2D eigenvalue weighted by molar-refractivity contribution is -0.127. The maximum Gasteiger partial charge on any atom is 0.335 e. The van der Waals surface area contributed by atoms with E-state index >= 15 is 0 Å². The van der Waals surface area contributed by atoms with Gasteiger partial charge in [0.05, 0.1) is 11.0 Å². The van der Waals surface area contributed by atoms with Gasteiger partial charge in [-0.3, -0.25) is 4.79 Å². The van der Waals surface area contributed by atoms with Crippen molar-refractivity contribution in [1.82, 2.24) is 0 Å². The molecule has 1 amide bonds. The molecule has 1 aliphatic heterocycles. The van der Waals surface area contributed by atoms with Crippen LogP contribution in [0.25, 0.3) is 0 Å². The van der Waals surface area contributed by atoms with Crippen LogP contribution < -0.4 is 5.73 Å². The van der Waals surface area contributed by atoms with Crippen molar-refractivity contribution in [2.75, 3.05) is 13.2 Å². The molecule has 5 heteroatoms. The van der Waals surface area contributed by atoms with Crippen LogP contribution in [-0.2, 0) is 14.9 Å². The van der Waals surface area contributed by atoms with Crippen molar-refractivity contribution in [3.8, 4) is 0 Å². The quantitative estimate of drug-likeness (QED) is 0.833. The van der Waals surface area contributed by atoms with E-state index in [-0.39, 0.29) is 11.5 Å². The standard InChI is InChI=1S/C13H15NO4/c14-12(17)13(5-7-18-8-6-13)10-3-1-9(2-4-10)11(15)16/h1-4H,5-8H2,(H2,14,17)(H,15,16). The molecule has 18 heavy (non-hydrogen) atoms. The molecule has 2 rings (SSSR count). The molecule has 1 heterocycles. The van der Waals surface area contributed by atoms with Crippen LogP contribution in [0, 0.1) is 0 Å². The Hall–Kier alpha value is -1.88. The van der Waals surface area contributed by atoms with Crippen LogP contribution in [-0.4, -0.2) is 30.2 Å². The number of carboxylic acid groups (broad SMARTS) is 1. The highest BCUT2D eigenvalue weighted by Gasteiger charge is 2.40. The van der Waals surface area contributed by atoms with E-state index in [4.69, 9.17) is 15.6 Å². The van der Waals surface area contributed by atoms with Crippen LogP contribution in [0.4, 0.5) is 0 Å². The van der Waals surface area contributed by atoms with Crippen molar-refractivity contribution < 1.29 is 19.4 Å². The summed E-state index contributed by atoms with van der Waals surface area (Å²) in [6.45, 7) is 0.979. The summed E-state index contributed by atoms with van der Waals surface area (Å²) in [6.07, 6.45) is 1.07. The molecule has 96 valence electrons. The number of hydrogen-bond acceptors (Lipinski definition) is 3. The van der Waals surface area contributed by atoms with Crippen LogP contribution in [0.15, 0.2) is 24.3 Å². The fourth-order valence-electron chi connectivity index (χ4n) is 2.33. The summed E-state index contributed by atoms with van der Waals surface area (Å²) in [4.78, 5) is 22.5. The maximum atomic E-state index is 11.7. The largest absolute Gasteiger partial charge is 0.478 e. The Morgan fingerprint density at radius 2 is 1.72 bits per heavy atom. The number of amides is 1. The second kappa shape index (κ2) is 4.78. The third kappa shape index (κ3) is 2.09. The number of carbonyl (C=O) groups excluding carboxylic acids is 1. The number of ether oxygens (including phenoxy) is 1. The van der Waals surface area contributed by atoms with Crippen molar-refractivity contribution in [3.05, 3.63) is 35.4 Å². The number of carboxylic acids is 1. The zero-order chi connectivity index (χ0) is 13.2. The highest BCUT2D eigenvalue weighted by Crippen LogP contribution is 2.34. The first-order valence-corrected chi connectivity index (χ1v) is 5.78. The monoisotopic (exact) mass is 249 g/mol. The van der Waals surface area contributed by atoms with Crippen LogP contribution >= 0.6 is 0 Å². The summed E-state index contributed by atoms with van der Waals surface area (Å²) in [7, 11) is 0. The Balaban J connectivity index is 2.37. The third-order valence-electron chi connectivity index (χ3n) is 3.50. The average Bonchev–Trinajstić information content (AvgIpc) is 2.39. The van der Waals surface area contributed by atoms with E-state index < -0.39 is 11.4 Å². The van der Waals surface area contributed by atoms with Gasteiger partial charge in [0.1, 0.15) is 0 Å². The molecule has 0 saturated carbocycles. The van der Waals surface area contributed by atoms with Gasteiger partial charge in [0.25, 0.3) is 0 Å². The van der Waals surface area contributed by atoms with Gasteiger partial charge >= 0.3 is 5.97 Å². The van der Waals surface area contributed by atoms with Gasteiger partial charge < -0.3 is 15.6 Å². The Morgan fingerprint density at radius 1 is 1.17 bits per heavy atom. The molecule has 0 bridgehead atoms. The first-order chi connectivity index (χ1) is 8.56. The van der Waals surface area contributed by atoms with Crippen LogP contribution in [0.2, 0.25) is 0 Å². The topological polar surface area (TPSA) is 89.6 Å². The molecule has 3 N–H and O–H groups in total. The van der Waals surface area contributed by atoms with Gasteiger partial charge in [-0.25, -0.2) is 4.79 Å². The number of rotatable bonds is 3. The lowest BCUT2D eigenvalue weighted by atomic mass is 9.73. The van der Waals surface area contributed by atoms with E-state index in [1.807, 2.05) is 0 Å². The Labute approximate surface area is 105 Å². The minimum Gasteiger partial charge on any atom is -0.478 e. The number of primary amides is 1. The van der Waals surface area contributed by atoms with E-state index in [0.717, 1.165) is 5.56 Å². The van der Waals surface area contributed by atoms with Gasteiger partial charge in [0.2, 0.25) is 5.91 Å². The summed E-state index contributed by atoms with van der Waals surface area (Å²) in [5, 5.41) is 8.85. The van der Waals surface area contributed by atoms with Gasteiger partial charge in [-0.15, -0.1) is 0 Å². The maximum absolute atomic E-state index is 11.7. The van der Waals surface area contributed by atoms with Crippen molar-refractivity contribution in [1.29, 1.82) is 0 Å². The van der Waals surface area contributed by atoms with Crippen molar-refractivity contribution in [3.63, 3.8) is 0 Å². The normalized spacial score (nSPS) is 18.2. The lowest BCUT2D eigenvalue weighted by Crippen LogP contribution is -2.45. The van der Waals surface area contributed by atoms with Gasteiger partial charge in [-0.05, 0) is 30.5 Å². The molecule has 0 aromatic heterocycles. The first kappa shape index (κ1) is 12.6. The molecule has 5 nitrogen and oxygen atoms in total. The molecule has 0 radical (unpaired) electrons. The van der Waals surface area contributed by atoms with Crippen LogP contribution in [0.3, 0.4) is 0 Å². The third-order valence-corrected chi connectivity index (χ3v) is 3.50. The van der Waals surface area contributed by atoms with E-state index in [2.05, 4.69) is 0 Å². The van der Waals surface area contributed by atoms with Gasteiger partial charge in [0, 0.05) is 13.2 Å². The summed E-state index contributed by atoms with van der Waals surface area (Å²) in [5.74, 6) is -1.37. The molecule has 1 fully saturated rings. The average molecular weight is 249 g/mol. The van der Waals surface area contributed by atoms with E-state index in [1.165, 1.54) is 12.1 Å². The molecule has 1 aromatic carbocycles. The molecule has 1 saturated heterocycles. The van der Waals surface area contributed by atoms with Crippen molar-refractivity contribution in [2.24, 2.45) is 5.73 Å². The first-order valence-electron chi connectivity index (χ1n) is 5.78. The number of aromatic carboxylic acids is 1. The smallest absolute Gasteiger partial charge is 0.335 e. The van der Waals surface area contributed by atoms with Crippen molar-refractivity contribution >= 4 is 11.9 Å². The molecule has 0 spiro atoms. The Bertz CT molecular complexity index is 460. The summed E-state index contributed by atoms with van der Waals surface area (Å²) >= 11 is 0. The molecular weight excluding hydrogens is 234 g/mol. The van der Waals surface area contributed by atoms with Crippen LogP contribution in [0.1, 0.15) is 28.8 Å². The Morgan fingerprint density at radius 3 is 2.17 bits per heavy atom.